The van der Waals surface area contributed by atoms with E-state index in [2.05, 4.69) is 58.9 Å². The van der Waals surface area contributed by atoms with Gasteiger partial charge in [0.2, 0.25) is 0 Å². The first-order chi connectivity index (χ1) is 26.0. The maximum atomic E-state index is 12.7. The first-order valence-corrected chi connectivity index (χ1v) is 22.2. The average Bonchev–Trinajstić information content (AvgIpc) is 3.52. The van der Waals surface area contributed by atoms with Gasteiger partial charge in [-0.2, -0.15) is 0 Å². The molecule has 0 bridgehead atoms. The van der Waals surface area contributed by atoms with Crippen molar-refractivity contribution < 1.29 is 23.7 Å². The molecule has 0 aromatic heterocycles. The van der Waals surface area contributed by atoms with Gasteiger partial charge in [-0.05, 0) is 134 Å². The fraction of sp³-hybridized carbons (Fsp3) is 0.735. The summed E-state index contributed by atoms with van der Waals surface area (Å²) in [6, 6.07) is 20.6. The van der Waals surface area contributed by atoms with Crippen molar-refractivity contribution >= 4 is 5.97 Å². The summed E-state index contributed by atoms with van der Waals surface area (Å²) in [7, 11) is 0. The van der Waals surface area contributed by atoms with Gasteiger partial charge >= 0.3 is 5.97 Å². The predicted molar refractivity (Wildman–Crippen MR) is 217 cm³/mol. The Morgan fingerprint density at radius 1 is 0.704 bits per heavy atom. The molecular weight excluding hydrogens is 669 g/mol. The van der Waals surface area contributed by atoms with Crippen LogP contribution in [-0.2, 0) is 37.0 Å². The molecule has 7 rings (SSSR count). The third-order valence-corrected chi connectivity index (χ3v) is 15.9. The minimum Gasteiger partial charge on any atom is -0.457 e. The van der Waals surface area contributed by atoms with Crippen molar-refractivity contribution in [1.82, 2.24) is 0 Å². The highest BCUT2D eigenvalue weighted by molar-refractivity contribution is 5.66. The van der Waals surface area contributed by atoms with Crippen LogP contribution in [0.2, 0.25) is 0 Å². The Labute approximate surface area is 328 Å². The SMILES string of the molecule is CC(=O)O[C@@H]1[C@@H](OCc2ccccc2)[C@@H](OCc2ccccc2)CC[C@H]1OC1CC[C@@]2(C)[C@@H](CC[C@@H]3[C@@H]2CC[C@]2(C)[C@@H]([C@H](C)CCCC(C)C)CC[C@@H]32)C1. The molecule has 2 aromatic carbocycles. The second-order valence-electron chi connectivity index (χ2n) is 19.5. The number of esters is 1. The summed E-state index contributed by atoms with van der Waals surface area (Å²) >= 11 is 0. The topological polar surface area (TPSA) is 54.0 Å². The smallest absolute Gasteiger partial charge is 0.303 e. The number of fused-ring (bicyclic) bond motifs is 5. The first kappa shape index (κ1) is 40.0. The van der Waals surface area contributed by atoms with E-state index in [1.54, 1.807) is 0 Å². The lowest BCUT2D eigenvalue weighted by atomic mass is 9.44. The van der Waals surface area contributed by atoms with Crippen LogP contribution < -0.4 is 0 Å². The molecule has 0 saturated heterocycles. The molecule has 0 amide bonds. The molecule has 0 radical (unpaired) electrons. The Bertz CT molecular complexity index is 1480. The Morgan fingerprint density at radius 2 is 1.35 bits per heavy atom. The number of hydrogen-bond acceptors (Lipinski definition) is 5. The van der Waals surface area contributed by atoms with Gasteiger partial charge in [0.05, 0.1) is 31.5 Å². The standard InChI is InChI=1S/C49H72O5/c1-33(2)14-13-15-34(3)41-22-23-42-40-21-20-38-30-39(26-28-48(38,5)43(40)27-29-49(41,42)6)54-45-25-24-44(51-31-36-16-9-7-10-17-36)46(47(45)53-35(4)50)52-32-37-18-11-8-12-19-37/h7-12,16-19,33-34,38-47H,13-15,20-32H2,1-6H3/t34-,38+,39?,40+,41-,42+,43+,44+,45-,46+,47+,48+,49-/m1/s1. The van der Waals surface area contributed by atoms with Crippen molar-refractivity contribution in [2.24, 2.45) is 52.3 Å². The normalized spacial score (nSPS) is 38.3. The number of carbonyl (C=O) groups excluding carboxylic acids is 1. The third-order valence-electron chi connectivity index (χ3n) is 15.9. The fourth-order valence-electron chi connectivity index (χ4n) is 13.1. The summed E-state index contributed by atoms with van der Waals surface area (Å²) in [5, 5.41) is 0. The average molecular weight is 741 g/mol. The van der Waals surface area contributed by atoms with Crippen LogP contribution in [0.15, 0.2) is 60.7 Å². The molecule has 54 heavy (non-hydrogen) atoms. The zero-order valence-electron chi connectivity index (χ0n) is 34.6. The van der Waals surface area contributed by atoms with Gasteiger partial charge in [0.25, 0.3) is 0 Å². The van der Waals surface area contributed by atoms with E-state index in [1.165, 1.54) is 71.1 Å². The minimum atomic E-state index is -0.510. The van der Waals surface area contributed by atoms with E-state index in [0.29, 0.717) is 30.0 Å². The van der Waals surface area contributed by atoms with Gasteiger partial charge in [-0.15, -0.1) is 0 Å². The second-order valence-corrected chi connectivity index (χ2v) is 19.5. The highest BCUT2D eigenvalue weighted by Gasteiger charge is 2.61. The monoisotopic (exact) mass is 741 g/mol. The summed E-state index contributed by atoms with van der Waals surface area (Å²) in [5.41, 5.74) is 3.17. The molecule has 5 fully saturated rings. The summed E-state index contributed by atoms with van der Waals surface area (Å²) in [5.74, 6) is 5.68. The van der Waals surface area contributed by atoms with Crippen LogP contribution in [0, 0.1) is 52.3 Å². The van der Waals surface area contributed by atoms with Gasteiger partial charge in [0.1, 0.15) is 6.10 Å². The van der Waals surface area contributed by atoms with E-state index in [0.717, 1.165) is 72.3 Å². The van der Waals surface area contributed by atoms with Crippen molar-refractivity contribution in [3.63, 3.8) is 0 Å². The Kier molecular flexibility index (Phi) is 13.0. The van der Waals surface area contributed by atoms with E-state index in [1.807, 2.05) is 36.4 Å². The van der Waals surface area contributed by atoms with Crippen LogP contribution >= 0.6 is 0 Å². The number of carbonyl (C=O) groups is 1. The van der Waals surface area contributed by atoms with Gasteiger partial charge in [0, 0.05) is 6.92 Å². The molecule has 0 N–H and O–H groups in total. The van der Waals surface area contributed by atoms with Crippen molar-refractivity contribution in [1.29, 1.82) is 0 Å². The highest BCUT2D eigenvalue weighted by atomic mass is 16.6. The highest BCUT2D eigenvalue weighted by Crippen LogP contribution is 2.68. The van der Waals surface area contributed by atoms with E-state index in [4.69, 9.17) is 18.9 Å². The van der Waals surface area contributed by atoms with Crippen molar-refractivity contribution in [3.8, 4) is 0 Å². The number of rotatable bonds is 14. The molecule has 0 heterocycles. The van der Waals surface area contributed by atoms with Crippen LogP contribution in [0.25, 0.3) is 0 Å². The van der Waals surface area contributed by atoms with E-state index in [-0.39, 0.29) is 24.3 Å². The lowest BCUT2D eigenvalue weighted by Crippen LogP contribution is -2.56. The third kappa shape index (κ3) is 8.69. The Morgan fingerprint density at radius 3 is 2.04 bits per heavy atom. The molecule has 5 aliphatic rings. The molecule has 5 saturated carbocycles. The Hall–Kier alpha value is -2.21. The Balaban J connectivity index is 1.01. The summed E-state index contributed by atoms with van der Waals surface area (Å²) < 4.78 is 26.5. The van der Waals surface area contributed by atoms with E-state index in [9.17, 15) is 4.79 Å². The molecule has 5 nitrogen and oxygen atoms in total. The van der Waals surface area contributed by atoms with Crippen LogP contribution in [0.4, 0.5) is 0 Å². The van der Waals surface area contributed by atoms with Crippen LogP contribution in [-0.4, -0.2) is 36.5 Å². The summed E-state index contributed by atoms with van der Waals surface area (Å²) in [6.07, 6.45) is 16.7. The van der Waals surface area contributed by atoms with Gasteiger partial charge in [-0.3, -0.25) is 4.79 Å². The second kappa shape index (κ2) is 17.5. The van der Waals surface area contributed by atoms with E-state index < -0.39 is 12.2 Å². The van der Waals surface area contributed by atoms with Crippen LogP contribution in [0.3, 0.4) is 0 Å². The number of benzene rings is 2. The first-order valence-electron chi connectivity index (χ1n) is 22.2. The quantitative estimate of drug-likeness (QED) is 0.181. The lowest BCUT2D eigenvalue weighted by molar-refractivity contribution is -0.223. The maximum Gasteiger partial charge on any atom is 0.303 e. The molecular formula is C49H72O5. The van der Waals surface area contributed by atoms with Crippen molar-refractivity contribution in [3.05, 3.63) is 71.8 Å². The van der Waals surface area contributed by atoms with Gasteiger partial charge in [-0.1, -0.05) is 115 Å². The van der Waals surface area contributed by atoms with Crippen LogP contribution in [0.5, 0.6) is 0 Å². The molecule has 1 unspecified atom stereocenters. The van der Waals surface area contributed by atoms with Gasteiger partial charge in [0.15, 0.2) is 6.10 Å². The molecule has 2 aromatic rings. The lowest BCUT2D eigenvalue weighted by Gasteiger charge is -2.61. The summed E-state index contributed by atoms with van der Waals surface area (Å²) in [4.78, 5) is 12.7. The van der Waals surface area contributed by atoms with Crippen molar-refractivity contribution in [2.75, 3.05) is 0 Å². The molecule has 0 spiro atoms. The minimum absolute atomic E-state index is 0.190. The molecule has 13 atom stereocenters. The molecule has 5 aliphatic carbocycles. The fourth-order valence-corrected chi connectivity index (χ4v) is 13.1. The molecule has 0 aliphatic heterocycles. The predicted octanol–water partition coefficient (Wildman–Crippen LogP) is 11.8. The number of ether oxygens (including phenoxy) is 4. The van der Waals surface area contributed by atoms with Gasteiger partial charge in [-0.25, -0.2) is 0 Å². The maximum absolute atomic E-state index is 12.7. The van der Waals surface area contributed by atoms with E-state index >= 15 is 0 Å². The zero-order chi connectivity index (χ0) is 37.9. The molecule has 5 heteroatoms. The summed E-state index contributed by atoms with van der Waals surface area (Å²) in [6.45, 7) is 15.2. The zero-order valence-corrected chi connectivity index (χ0v) is 34.6. The number of hydrogen-bond donors (Lipinski definition) is 0. The largest absolute Gasteiger partial charge is 0.457 e. The molecule has 298 valence electrons. The van der Waals surface area contributed by atoms with Gasteiger partial charge < -0.3 is 18.9 Å². The van der Waals surface area contributed by atoms with Crippen molar-refractivity contribution in [2.45, 2.75) is 175 Å². The van der Waals surface area contributed by atoms with Crippen LogP contribution in [0.1, 0.15) is 143 Å².